The zero-order valence-electron chi connectivity index (χ0n) is 11.7. The molecule has 4 nitrogen and oxygen atoms in total. The van der Waals surface area contributed by atoms with Crippen molar-refractivity contribution < 1.29 is 4.79 Å². The molecule has 108 valence electrons. The third-order valence-corrected chi connectivity index (χ3v) is 4.01. The molecule has 0 spiro atoms. The predicted molar refractivity (Wildman–Crippen MR) is 85.2 cm³/mol. The van der Waals surface area contributed by atoms with Crippen LogP contribution in [0.5, 0.6) is 0 Å². The van der Waals surface area contributed by atoms with Crippen LogP contribution in [0.3, 0.4) is 0 Å². The lowest BCUT2D eigenvalue weighted by atomic mass is 10.1. The maximum atomic E-state index is 12.4. The SMILES string of the molecule is CNc1cc(C(=O)Nc2ccc3c(c2)CCC3)c(Cl)cn1. The summed E-state index contributed by atoms with van der Waals surface area (Å²) in [5, 5.41) is 6.14. The lowest BCUT2D eigenvalue weighted by Crippen LogP contribution is -2.13. The molecule has 0 unspecified atom stereocenters. The van der Waals surface area contributed by atoms with Gasteiger partial charge in [0, 0.05) is 18.9 Å². The molecule has 3 rings (SSSR count). The van der Waals surface area contributed by atoms with Crippen LogP contribution < -0.4 is 10.6 Å². The molecule has 2 aromatic rings. The highest BCUT2D eigenvalue weighted by molar-refractivity contribution is 6.34. The quantitative estimate of drug-likeness (QED) is 0.912. The molecule has 1 aliphatic rings. The number of rotatable bonds is 3. The van der Waals surface area contributed by atoms with Gasteiger partial charge in [-0.2, -0.15) is 0 Å². The van der Waals surface area contributed by atoms with Crippen molar-refractivity contribution in [3.05, 3.63) is 52.2 Å². The molecular formula is C16H16ClN3O. The monoisotopic (exact) mass is 301 g/mol. The smallest absolute Gasteiger partial charge is 0.257 e. The molecule has 1 heterocycles. The number of pyridine rings is 1. The van der Waals surface area contributed by atoms with Crippen LogP contribution in [0.15, 0.2) is 30.5 Å². The summed E-state index contributed by atoms with van der Waals surface area (Å²) in [5.41, 5.74) is 3.92. The van der Waals surface area contributed by atoms with Crippen LogP contribution in [-0.2, 0) is 12.8 Å². The summed E-state index contributed by atoms with van der Waals surface area (Å²) in [6.45, 7) is 0. The van der Waals surface area contributed by atoms with Crippen LogP contribution in [-0.4, -0.2) is 17.9 Å². The number of benzene rings is 1. The first kappa shape index (κ1) is 13.9. The maximum Gasteiger partial charge on any atom is 0.257 e. The van der Waals surface area contributed by atoms with E-state index in [1.165, 1.54) is 23.7 Å². The Labute approximate surface area is 128 Å². The molecule has 1 aliphatic carbocycles. The van der Waals surface area contributed by atoms with Crippen LogP contribution in [0.2, 0.25) is 5.02 Å². The minimum Gasteiger partial charge on any atom is -0.373 e. The van der Waals surface area contributed by atoms with Crippen LogP contribution in [0.1, 0.15) is 27.9 Å². The summed E-state index contributed by atoms with van der Waals surface area (Å²) < 4.78 is 0. The number of aromatic nitrogens is 1. The minimum atomic E-state index is -0.225. The Kier molecular flexibility index (Phi) is 3.80. The number of hydrogen-bond acceptors (Lipinski definition) is 3. The Morgan fingerprint density at radius 2 is 2.05 bits per heavy atom. The normalized spacial score (nSPS) is 12.9. The Bertz CT molecular complexity index is 700. The fourth-order valence-electron chi connectivity index (χ4n) is 2.60. The van der Waals surface area contributed by atoms with E-state index in [4.69, 9.17) is 11.6 Å². The predicted octanol–water partition coefficient (Wildman–Crippen LogP) is 3.52. The molecular weight excluding hydrogens is 286 g/mol. The Balaban J connectivity index is 1.83. The van der Waals surface area contributed by atoms with Gasteiger partial charge in [0.1, 0.15) is 5.82 Å². The van der Waals surface area contributed by atoms with Gasteiger partial charge in [0.2, 0.25) is 0 Å². The Morgan fingerprint density at radius 1 is 1.24 bits per heavy atom. The van der Waals surface area contributed by atoms with Gasteiger partial charge in [0.15, 0.2) is 0 Å². The number of halogens is 1. The average molecular weight is 302 g/mol. The van der Waals surface area contributed by atoms with Crippen molar-refractivity contribution in [2.75, 3.05) is 17.7 Å². The lowest BCUT2D eigenvalue weighted by Gasteiger charge is -2.09. The van der Waals surface area contributed by atoms with Crippen molar-refractivity contribution in [3.8, 4) is 0 Å². The molecule has 0 saturated carbocycles. The molecule has 0 aliphatic heterocycles. The molecule has 0 fully saturated rings. The number of nitrogens with zero attached hydrogens (tertiary/aromatic N) is 1. The zero-order chi connectivity index (χ0) is 14.8. The van der Waals surface area contributed by atoms with E-state index in [0.717, 1.165) is 18.5 Å². The van der Waals surface area contributed by atoms with Gasteiger partial charge >= 0.3 is 0 Å². The Morgan fingerprint density at radius 3 is 2.86 bits per heavy atom. The van der Waals surface area contributed by atoms with Crippen molar-refractivity contribution >= 4 is 29.0 Å². The summed E-state index contributed by atoms with van der Waals surface area (Å²) in [4.78, 5) is 16.4. The topological polar surface area (TPSA) is 54.0 Å². The second-order valence-electron chi connectivity index (χ2n) is 5.09. The number of hydrogen-bond donors (Lipinski definition) is 2. The molecule has 1 aromatic carbocycles. The fourth-order valence-corrected chi connectivity index (χ4v) is 2.79. The molecule has 1 amide bonds. The van der Waals surface area contributed by atoms with Crippen molar-refractivity contribution in [3.63, 3.8) is 0 Å². The van der Waals surface area contributed by atoms with Gasteiger partial charge < -0.3 is 10.6 Å². The van der Waals surface area contributed by atoms with Gasteiger partial charge in [-0.3, -0.25) is 4.79 Å². The average Bonchev–Trinajstić information content (AvgIpc) is 2.95. The summed E-state index contributed by atoms with van der Waals surface area (Å²) in [6, 6.07) is 7.72. The first-order chi connectivity index (χ1) is 10.2. The van der Waals surface area contributed by atoms with Gasteiger partial charge in [-0.1, -0.05) is 17.7 Å². The number of carbonyl (C=O) groups excluding carboxylic acids is 1. The molecule has 21 heavy (non-hydrogen) atoms. The van der Waals surface area contributed by atoms with E-state index < -0.39 is 0 Å². The van der Waals surface area contributed by atoms with E-state index in [-0.39, 0.29) is 5.91 Å². The van der Waals surface area contributed by atoms with Crippen molar-refractivity contribution in [1.29, 1.82) is 0 Å². The second kappa shape index (κ2) is 5.74. The highest BCUT2D eigenvalue weighted by Gasteiger charge is 2.15. The summed E-state index contributed by atoms with van der Waals surface area (Å²) in [6.07, 6.45) is 4.88. The molecule has 0 saturated heterocycles. The molecule has 0 radical (unpaired) electrons. The number of amides is 1. The van der Waals surface area contributed by atoms with Gasteiger partial charge in [0.05, 0.1) is 10.6 Å². The van der Waals surface area contributed by atoms with E-state index in [0.29, 0.717) is 16.4 Å². The molecule has 0 bridgehead atoms. The van der Waals surface area contributed by atoms with Gasteiger partial charge in [0.25, 0.3) is 5.91 Å². The van der Waals surface area contributed by atoms with Crippen molar-refractivity contribution in [1.82, 2.24) is 4.98 Å². The first-order valence-corrected chi connectivity index (χ1v) is 7.31. The number of nitrogens with one attached hydrogen (secondary N) is 2. The van der Waals surface area contributed by atoms with E-state index in [2.05, 4.69) is 21.7 Å². The molecule has 5 heteroatoms. The fraction of sp³-hybridized carbons (Fsp3) is 0.250. The lowest BCUT2D eigenvalue weighted by molar-refractivity contribution is 0.102. The zero-order valence-corrected chi connectivity index (χ0v) is 12.5. The summed E-state index contributed by atoms with van der Waals surface area (Å²) in [7, 11) is 1.75. The van der Waals surface area contributed by atoms with Gasteiger partial charge in [-0.15, -0.1) is 0 Å². The third kappa shape index (κ3) is 2.85. The van der Waals surface area contributed by atoms with E-state index >= 15 is 0 Å². The molecule has 0 atom stereocenters. The summed E-state index contributed by atoms with van der Waals surface area (Å²) >= 11 is 6.06. The third-order valence-electron chi connectivity index (χ3n) is 3.71. The standard InChI is InChI=1S/C16H16ClN3O/c1-18-15-8-13(14(17)9-19-15)16(21)20-12-6-5-10-3-2-4-11(10)7-12/h5-9H,2-4H2,1H3,(H,18,19)(H,20,21). The second-order valence-corrected chi connectivity index (χ2v) is 5.50. The highest BCUT2D eigenvalue weighted by atomic mass is 35.5. The van der Waals surface area contributed by atoms with Crippen LogP contribution in [0.4, 0.5) is 11.5 Å². The molecule has 2 N–H and O–H groups in total. The number of fused-ring (bicyclic) bond motifs is 1. The minimum absolute atomic E-state index is 0.225. The van der Waals surface area contributed by atoms with Crippen LogP contribution >= 0.6 is 11.6 Å². The Hall–Kier alpha value is -2.07. The van der Waals surface area contributed by atoms with E-state index in [1.54, 1.807) is 13.1 Å². The van der Waals surface area contributed by atoms with Gasteiger partial charge in [-0.05, 0) is 48.6 Å². The number of anilines is 2. The largest absolute Gasteiger partial charge is 0.373 e. The van der Waals surface area contributed by atoms with Crippen LogP contribution in [0, 0.1) is 0 Å². The number of carbonyl (C=O) groups is 1. The van der Waals surface area contributed by atoms with E-state index in [1.807, 2.05) is 12.1 Å². The van der Waals surface area contributed by atoms with Crippen molar-refractivity contribution in [2.45, 2.75) is 19.3 Å². The first-order valence-electron chi connectivity index (χ1n) is 6.94. The summed E-state index contributed by atoms with van der Waals surface area (Å²) in [5.74, 6) is 0.385. The van der Waals surface area contributed by atoms with Crippen LogP contribution in [0.25, 0.3) is 0 Å². The van der Waals surface area contributed by atoms with Gasteiger partial charge in [-0.25, -0.2) is 4.98 Å². The number of aryl methyl sites for hydroxylation is 2. The highest BCUT2D eigenvalue weighted by Crippen LogP contribution is 2.26. The van der Waals surface area contributed by atoms with E-state index in [9.17, 15) is 4.79 Å². The molecule has 1 aromatic heterocycles. The maximum absolute atomic E-state index is 12.4. The van der Waals surface area contributed by atoms with Crippen molar-refractivity contribution in [2.24, 2.45) is 0 Å².